The fourth-order valence-electron chi connectivity index (χ4n) is 10.4. The molecule has 0 radical (unpaired) electrons. The number of carboxylic acids is 1. The molecular formula is C50H67N5O10. The molecule has 1 unspecified atom stereocenters. The number of fused-ring (bicyclic) bond motifs is 1. The maximum atomic E-state index is 13.5. The van der Waals surface area contributed by atoms with E-state index in [0.29, 0.717) is 101 Å². The average Bonchev–Trinajstić information content (AvgIpc) is 3.74. The number of methoxy groups -OCH3 is 1. The lowest BCUT2D eigenvalue weighted by Crippen LogP contribution is -2.57. The number of phenolic OH excluding ortho intramolecular Hbond substituents is 1. The molecule has 3 aromatic rings. The number of likely N-dealkylation sites (tertiary alicyclic amines) is 2. The van der Waals surface area contributed by atoms with E-state index >= 15 is 0 Å². The van der Waals surface area contributed by atoms with Crippen LogP contribution in [0.25, 0.3) is 0 Å². The Labute approximate surface area is 382 Å². The third kappa shape index (κ3) is 12.0. The smallest absolute Gasteiger partial charge is 0.323 e. The van der Waals surface area contributed by atoms with E-state index in [1.54, 1.807) is 13.2 Å². The molecule has 1 saturated carbocycles. The minimum Gasteiger partial charge on any atom is -0.506 e. The minimum absolute atomic E-state index is 0.00760. The number of aromatic hydroxyl groups is 1. The van der Waals surface area contributed by atoms with Gasteiger partial charge in [-0.3, -0.25) is 29.1 Å². The molecule has 15 heteroatoms. The Morgan fingerprint density at radius 1 is 0.908 bits per heavy atom. The lowest BCUT2D eigenvalue weighted by Gasteiger charge is -2.47. The average molecular weight is 898 g/mol. The predicted octanol–water partition coefficient (Wildman–Crippen LogP) is 5.22. The van der Waals surface area contributed by atoms with E-state index in [1.807, 2.05) is 35.2 Å². The van der Waals surface area contributed by atoms with Crippen molar-refractivity contribution in [1.29, 1.82) is 0 Å². The topological polar surface area (TPSA) is 163 Å². The third-order valence-electron chi connectivity index (χ3n) is 14.0. The first-order valence-electron chi connectivity index (χ1n) is 23.7. The highest BCUT2D eigenvalue weighted by molar-refractivity contribution is 5.97. The number of hydrogen-bond donors (Lipinski definition) is 3. The number of amides is 2. The number of hydrogen-bond acceptors (Lipinski definition) is 12. The van der Waals surface area contributed by atoms with Crippen molar-refractivity contribution < 1.29 is 48.3 Å². The zero-order valence-corrected chi connectivity index (χ0v) is 37.9. The van der Waals surface area contributed by atoms with Gasteiger partial charge in [-0.1, -0.05) is 49.6 Å². The molecule has 8 rings (SSSR count). The Morgan fingerprint density at radius 2 is 1.71 bits per heavy atom. The summed E-state index contributed by atoms with van der Waals surface area (Å²) < 4.78 is 29.3. The highest BCUT2D eigenvalue weighted by Crippen LogP contribution is 2.40. The van der Waals surface area contributed by atoms with Gasteiger partial charge in [0, 0.05) is 71.1 Å². The van der Waals surface area contributed by atoms with Gasteiger partial charge in [0.25, 0.3) is 11.8 Å². The van der Waals surface area contributed by atoms with Crippen molar-refractivity contribution in [3.8, 4) is 17.2 Å². The molecule has 4 fully saturated rings. The first kappa shape index (κ1) is 46.7. The zero-order valence-electron chi connectivity index (χ0n) is 37.9. The molecule has 3 aromatic carbocycles. The second-order valence-corrected chi connectivity index (χ2v) is 18.3. The first-order valence-corrected chi connectivity index (χ1v) is 23.7. The van der Waals surface area contributed by atoms with Crippen LogP contribution in [0.3, 0.4) is 0 Å². The van der Waals surface area contributed by atoms with Crippen molar-refractivity contribution in [2.75, 3.05) is 97.8 Å². The summed E-state index contributed by atoms with van der Waals surface area (Å²) in [7, 11) is 1.64. The van der Waals surface area contributed by atoms with E-state index < -0.39 is 12.0 Å². The Morgan fingerprint density at radius 3 is 2.49 bits per heavy atom. The number of benzene rings is 3. The van der Waals surface area contributed by atoms with Crippen LogP contribution in [0.1, 0.15) is 78.4 Å². The second kappa shape index (κ2) is 22.1. The maximum Gasteiger partial charge on any atom is 0.323 e. The van der Waals surface area contributed by atoms with Crippen LogP contribution in [-0.4, -0.2) is 164 Å². The van der Waals surface area contributed by atoms with Crippen LogP contribution in [0.5, 0.6) is 17.2 Å². The molecule has 3 N–H and O–H groups in total. The summed E-state index contributed by atoms with van der Waals surface area (Å²) >= 11 is 0. The summed E-state index contributed by atoms with van der Waals surface area (Å²) in [6, 6.07) is 19.1. The second-order valence-electron chi connectivity index (χ2n) is 18.3. The number of carboxylic acid groups (broad SMARTS) is 1. The van der Waals surface area contributed by atoms with Crippen molar-refractivity contribution in [2.45, 2.75) is 94.5 Å². The van der Waals surface area contributed by atoms with Crippen LogP contribution in [-0.2, 0) is 43.2 Å². The van der Waals surface area contributed by atoms with Gasteiger partial charge in [-0.05, 0) is 92.0 Å². The quantitative estimate of drug-likeness (QED) is 0.106. The summed E-state index contributed by atoms with van der Waals surface area (Å²) in [6.45, 7) is 8.44. The van der Waals surface area contributed by atoms with Gasteiger partial charge in [0.15, 0.2) is 12.4 Å². The van der Waals surface area contributed by atoms with E-state index in [2.05, 4.69) is 44.3 Å². The van der Waals surface area contributed by atoms with Crippen molar-refractivity contribution in [3.63, 3.8) is 0 Å². The summed E-state index contributed by atoms with van der Waals surface area (Å²) in [6.07, 6.45) is 9.25. The van der Waals surface area contributed by atoms with Crippen molar-refractivity contribution in [1.82, 2.24) is 19.6 Å². The molecule has 1 spiro atoms. The fraction of sp³-hybridized carbons (Fsp3) is 0.580. The summed E-state index contributed by atoms with van der Waals surface area (Å²) in [5, 5.41) is 23.6. The highest BCUT2D eigenvalue weighted by Gasteiger charge is 2.42. The Bertz CT molecular complexity index is 2070. The number of carbonyl (C=O) groups excluding carboxylic acids is 2. The van der Waals surface area contributed by atoms with Gasteiger partial charge >= 0.3 is 5.97 Å². The van der Waals surface area contributed by atoms with Gasteiger partial charge in [0.2, 0.25) is 0 Å². The summed E-state index contributed by atoms with van der Waals surface area (Å²) in [5.41, 5.74) is 3.98. The standard InChI is InChI=1S/C50H67N5O10/c1-61-30-31-62-41-13-10-39(11-14-41)48(58)55-27-29-65-50(35-55)19-23-52(24-20-50)33-37-7-5-6-36(32-37)18-28-63-43-17-22-54(46(43)49(59)60)26-25-53(40-8-3-2-4-9-40)21-16-38-12-15-42(56)45-47(38)64-34-44(57)51-45/h5-7,10-15,32,40,43,46,56H,2-4,8-9,16-31,33-35H2,1H3,(H,51,57)(H,59,60)/t43?,46-/m0/s1. The Hall–Kier alpha value is -4.77. The van der Waals surface area contributed by atoms with E-state index in [9.17, 15) is 24.6 Å². The van der Waals surface area contributed by atoms with E-state index in [4.69, 9.17) is 23.7 Å². The van der Waals surface area contributed by atoms with E-state index in [-0.39, 0.29) is 35.9 Å². The summed E-state index contributed by atoms with van der Waals surface area (Å²) in [4.78, 5) is 47.2. The van der Waals surface area contributed by atoms with Crippen LogP contribution < -0.4 is 14.8 Å². The van der Waals surface area contributed by atoms with Gasteiger partial charge in [-0.25, -0.2) is 0 Å². The zero-order chi connectivity index (χ0) is 45.2. The molecule has 65 heavy (non-hydrogen) atoms. The number of anilines is 1. The van der Waals surface area contributed by atoms with Gasteiger partial charge in [0.1, 0.15) is 29.8 Å². The van der Waals surface area contributed by atoms with Crippen molar-refractivity contribution >= 4 is 23.5 Å². The number of carbonyl (C=O) groups is 3. The van der Waals surface area contributed by atoms with Gasteiger partial charge in [-0.2, -0.15) is 0 Å². The van der Waals surface area contributed by atoms with Crippen LogP contribution >= 0.6 is 0 Å². The number of rotatable bonds is 19. The molecule has 4 heterocycles. The number of phenols is 1. The van der Waals surface area contributed by atoms with Gasteiger partial charge in [-0.15, -0.1) is 0 Å². The number of nitrogens with one attached hydrogen (secondary N) is 1. The van der Waals surface area contributed by atoms with E-state index in [1.165, 1.54) is 30.4 Å². The monoisotopic (exact) mass is 897 g/mol. The number of morpholine rings is 1. The van der Waals surface area contributed by atoms with Crippen LogP contribution in [0.15, 0.2) is 60.7 Å². The molecule has 4 aliphatic heterocycles. The minimum atomic E-state index is -0.843. The van der Waals surface area contributed by atoms with Gasteiger partial charge in [0.05, 0.1) is 38.1 Å². The first-order chi connectivity index (χ1) is 31.7. The predicted molar refractivity (Wildman–Crippen MR) is 245 cm³/mol. The number of piperidine rings is 1. The largest absolute Gasteiger partial charge is 0.506 e. The van der Waals surface area contributed by atoms with Crippen LogP contribution in [0, 0.1) is 0 Å². The fourth-order valence-corrected chi connectivity index (χ4v) is 10.4. The van der Waals surface area contributed by atoms with Gasteiger partial charge < -0.3 is 44.1 Å². The summed E-state index contributed by atoms with van der Waals surface area (Å²) in [5.74, 6) is 0.133. The molecule has 352 valence electrons. The number of ether oxygens (including phenoxy) is 5. The molecule has 1 aliphatic carbocycles. The van der Waals surface area contributed by atoms with E-state index in [0.717, 1.165) is 64.0 Å². The Balaban J connectivity index is 0.790. The lowest BCUT2D eigenvalue weighted by molar-refractivity contribution is -0.146. The number of nitrogens with zero attached hydrogens (tertiary/aromatic N) is 4. The maximum absolute atomic E-state index is 13.5. The number of aliphatic carboxylic acids is 1. The molecule has 0 aromatic heterocycles. The van der Waals surface area contributed by atoms with Crippen molar-refractivity contribution in [3.05, 3.63) is 82.9 Å². The molecule has 3 saturated heterocycles. The third-order valence-corrected chi connectivity index (χ3v) is 14.0. The molecule has 15 nitrogen and oxygen atoms in total. The van der Waals surface area contributed by atoms with Crippen LogP contribution in [0.4, 0.5) is 5.69 Å². The normalized spacial score (nSPS) is 21.6. The molecule has 5 aliphatic rings. The highest BCUT2D eigenvalue weighted by atomic mass is 16.5. The lowest BCUT2D eigenvalue weighted by atomic mass is 9.89. The Kier molecular flexibility index (Phi) is 15.9. The SMILES string of the molecule is COCCOc1ccc(C(=O)N2CCOC3(CCN(Cc4cccc(CCOC5CCN(CCN(CCc6ccc(O)c7c6OCC(=O)N7)C6CCCCC6)[C@@H]5C(=O)O)c4)CC3)C2)cc1. The molecular weight excluding hydrogens is 831 g/mol. The van der Waals surface area contributed by atoms with Crippen molar-refractivity contribution in [2.24, 2.45) is 0 Å². The molecule has 2 amide bonds. The molecule has 2 atom stereocenters. The molecule has 0 bridgehead atoms. The van der Waals surface area contributed by atoms with Crippen LogP contribution in [0.2, 0.25) is 0 Å².